The van der Waals surface area contributed by atoms with Gasteiger partial charge in [0.15, 0.2) is 23.1 Å². The van der Waals surface area contributed by atoms with E-state index in [2.05, 4.69) is 16.5 Å². The van der Waals surface area contributed by atoms with Gasteiger partial charge in [-0.05, 0) is 68.4 Å². The van der Waals surface area contributed by atoms with Crippen LogP contribution in [-0.2, 0) is 27.2 Å². The average Bonchev–Trinajstić information content (AvgIpc) is 3.39. The summed E-state index contributed by atoms with van der Waals surface area (Å²) in [5.41, 5.74) is 12.5. The number of Topliss-reactive ketones (excluding diaryl/α,β-unsaturated/α-hetero) is 2. The Labute approximate surface area is 405 Å². The zero-order valence-corrected chi connectivity index (χ0v) is 38.5. The number of carbonyl (C=O) groups excluding carboxylic acids is 4. The van der Waals surface area contributed by atoms with Crippen molar-refractivity contribution in [2.24, 2.45) is 5.73 Å². The van der Waals surface area contributed by atoms with E-state index in [-0.39, 0.29) is 28.9 Å². The smallest absolute Gasteiger partial charge is 0.321 e. The number of allylic oxidation sites excluding steroid dienone is 3. The summed E-state index contributed by atoms with van der Waals surface area (Å²) >= 11 is 1.35. The summed E-state index contributed by atoms with van der Waals surface area (Å²) in [6.07, 6.45) is 14.4. The number of carboxylic acids is 1. The largest absolute Gasteiger partial charge is 0.480 e. The van der Waals surface area contributed by atoms with Gasteiger partial charge in [-0.15, -0.1) is 0 Å². The number of aliphatic carboxylic acids is 1. The Morgan fingerprint density at radius 3 is 1.57 bits per heavy atom. The Bertz CT molecular complexity index is 3170. The van der Waals surface area contributed by atoms with Gasteiger partial charge in [-0.3, -0.25) is 33.9 Å². The number of nitrogens with two attached hydrogens (primary N) is 1. The summed E-state index contributed by atoms with van der Waals surface area (Å²) in [5, 5.41) is 13.2. The van der Waals surface area contributed by atoms with Crippen LogP contribution >= 0.6 is 11.8 Å². The lowest BCUT2D eigenvalue weighted by atomic mass is 9.92. The van der Waals surface area contributed by atoms with Crippen molar-refractivity contribution in [3.8, 4) is 0 Å². The van der Waals surface area contributed by atoms with Crippen molar-refractivity contribution in [3.63, 3.8) is 0 Å². The molecular formula is C59H49N3O6S. The molecule has 69 heavy (non-hydrogen) atoms. The topological polar surface area (TPSA) is 157 Å². The molecule has 6 aromatic carbocycles. The number of thioether (sulfide) groups is 1. The lowest BCUT2D eigenvalue weighted by molar-refractivity contribution is -0.138. The van der Waals surface area contributed by atoms with E-state index in [1.54, 1.807) is 67.2 Å². The normalized spacial score (nSPS) is 12.0. The highest BCUT2D eigenvalue weighted by molar-refractivity contribution is 7.99. The molecular weight excluding hydrogens is 879 g/mol. The summed E-state index contributed by atoms with van der Waals surface area (Å²) < 4.78 is 0. The van der Waals surface area contributed by atoms with Crippen molar-refractivity contribution in [2.75, 3.05) is 11.5 Å². The standard InChI is InChI=1S/C31H28N2O4S.C28H21NO2/c32-29(31(36)37)20-38-19-28(23-4-2-1-3-5-23)30(35)24-10-6-21(7-11-24)9-13-27(34)17-22-8-12-26-18-33-15-14-25(26)16-22;1-20(23-5-3-2-4-6-23)28(31)24-11-7-21(8-12-24)10-14-27(30)18-22-9-13-26-19-29-16-15-25(26)17-22/h1-16,18,28-29H,17,19-20,32H2,(H,36,37);2-17,19H,1,18H2/b13-9+;14-10+/t28?,29-;/m0./s1. The maximum absolute atomic E-state index is 13.4. The molecule has 0 aliphatic rings. The molecule has 0 bridgehead atoms. The van der Waals surface area contributed by atoms with Gasteiger partial charge in [0, 0.05) is 76.6 Å². The molecule has 2 atom stereocenters. The maximum atomic E-state index is 13.4. The minimum absolute atomic E-state index is 0.0145. The van der Waals surface area contributed by atoms with Crippen LogP contribution in [0.15, 0.2) is 201 Å². The number of nitrogens with zero attached hydrogens (tertiary/aromatic N) is 2. The molecule has 0 aliphatic heterocycles. The molecule has 9 nitrogen and oxygen atoms in total. The number of carboxylic acid groups (broad SMARTS) is 1. The van der Waals surface area contributed by atoms with Gasteiger partial charge in [0.2, 0.25) is 0 Å². The van der Waals surface area contributed by atoms with Gasteiger partial charge in [0.05, 0.1) is 5.92 Å². The van der Waals surface area contributed by atoms with Crippen molar-refractivity contribution in [3.05, 3.63) is 246 Å². The van der Waals surface area contributed by atoms with Crippen LogP contribution in [0.5, 0.6) is 0 Å². The van der Waals surface area contributed by atoms with Crippen LogP contribution in [0.3, 0.4) is 0 Å². The Balaban J connectivity index is 0.000000208. The molecule has 8 rings (SSSR count). The maximum Gasteiger partial charge on any atom is 0.321 e. The molecule has 0 spiro atoms. The van der Waals surface area contributed by atoms with Crippen molar-refractivity contribution < 1.29 is 29.1 Å². The second-order valence-electron chi connectivity index (χ2n) is 16.3. The van der Waals surface area contributed by atoms with E-state index in [0.717, 1.165) is 54.9 Å². The third-order valence-corrected chi connectivity index (χ3v) is 12.4. The molecule has 0 saturated heterocycles. The number of hydrogen-bond acceptors (Lipinski definition) is 9. The lowest BCUT2D eigenvalue weighted by Gasteiger charge is -2.17. The van der Waals surface area contributed by atoms with Gasteiger partial charge >= 0.3 is 5.97 Å². The van der Waals surface area contributed by atoms with E-state index < -0.39 is 17.9 Å². The molecule has 2 aromatic heterocycles. The van der Waals surface area contributed by atoms with Crippen molar-refractivity contribution in [1.82, 2.24) is 9.97 Å². The number of ketones is 4. The van der Waals surface area contributed by atoms with E-state index >= 15 is 0 Å². The highest BCUT2D eigenvalue weighted by Crippen LogP contribution is 2.27. The molecule has 2 heterocycles. The Morgan fingerprint density at radius 1 is 0.565 bits per heavy atom. The van der Waals surface area contributed by atoms with Crippen LogP contribution in [0, 0.1) is 0 Å². The number of aromatic nitrogens is 2. The van der Waals surface area contributed by atoms with Crippen molar-refractivity contribution >= 4 is 80.1 Å². The Morgan fingerprint density at radius 2 is 1.06 bits per heavy atom. The Kier molecular flexibility index (Phi) is 17.0. The predicted octanol–water partition coefficient (Wildman–Crippen LogP) is 11.1. The monoisotopic (exact) mass is 927 g/mol. The molecule has 0 saturated carbocycles. The fourth-order valence-corrected chi connectivity index (χ4v) is 8.54. The number of benzene rings is 6. The second kappa shape index (κ2) is 24.0. The first-order valence-electron chi connectivity index (χ1n) is 22.2. The Hall–Kier alpha value is -8.18. The minimum atomic E-state index is -1.06. The highest BCUT2D eigenvalue weighted by Gasteiger charge is 2.23. The van der Waals surface area contributed by atoms with Crippen LogP contribution in [-0.4, -0.2) is 61.7 Å². The van der Waals surface area contributed by atoms with Crippen molar-refractivity contribution in [1.29, 1.82) is 0 Å². The average molecular weight is 928 g/mol. The summed E-state index contributed by atoms with van der Waals surface area (Å²) in [4.78, 5) is 70.2. The van der Waals surface area contributed by atoms with Gasteiger partial charge in [0.25, 0.3) is 0 Å². The molecule has 0 amide bonds. The van der Waals surface area contributed by atoms with Gasteiger partial charge in [0.1, 0.15) is 6.04 Å². The van der Waals surface area contributed by atoms with E-state index in [0.29, 0.717) is 35.3 Å². The summed E-state index contributed by atoms with van der Waals surface area (Å²) in [7, 11) is 0. The lowest BCUT2D eigenvalue weighted by Crippen LogP contribution is -2.32. The van der Waals surface area contributed by atoms with Gasteiger partial charge in [-0.25, -0.2) is 0 Å². The molecule has 10 heteroatoms. The first-order valence-corrected chi connectivity index (χ1v) is 23.4. The zero-order valence-electron chi connectivity index (χ0n) is 37.7. The van der Waals surface area contributed by atoms with Crippen LogP contribution in [0.1, 0.15) is 60.0 Å². The molecule has 8 aromatic rings. The van der Waals surface area contributed by atoms with Crippen LogP contribution in [0.4, 0.5) is 0 Å². The van der Waals surface area contributed by atoms with E-state index in [4.69, 9.17) is 10.8 Å². The molecule has 342 valence electrons. The molecule has 0 radical (unpaired) electrons. The fraction of sp³-hybridized carbons (Fsp3) is 0.102. The molecule has 1 unspecified atom stereocenters. The van der Waals surface area contributed by atoms with Crippen LogP contribution < -0.4 is 5.73 Å². The molecule has 0 fully saturated rings. The van der Waals surface area contributed by atoms with Crippen molar-refractivity contribution in [2.45, 2.75) is 24.8 Å². The number of hydrogen-bond donors (Lipinski definition) is 2. The number of pyridine rings is 2. The van der Waals surface area contributed by atoms with E-state index in [1.165, 1.54) is 11.8 Å². The van der Waals surface area contributed by atoms with Gasteiger partial charge in [-0.2, -0.15) is 11.8 Å². The van der Waals surface area contributed by atoms with Gasteiger partial charge < -0.3 is 10.8 Å². The zero-order chi connectivity index (χ0) is 48.5. The predicted molar refractivity (Wildman–Crippen MR) is 278 cm³/mol. The first-order chi connectivity index (χ1) is 33.5. The molecule has 3 N–H and O–H groups in total. The summed E-state index contributed by atoms with van der Waals surface area (Å²) in [6.45, 7) is 3.93. The summed E-state index contributed by atoms with van der Waals surface area (Å²) in [6, 6.07) is 47.9. The summed E-state index contributed by atoms with van der Waals surface area (Å²) in [5.74, 6) is -0.994. The van der Waals surface area contributed by atoms with Crippen LogP contribution in [0.2, 0.25) is 0 Å². The highest BCUT2D eigenvalue weighted by atomic mass is 32.2. The quantitative estimate of drug-likeness (QED) is 0.0591. The van der Waals surface area contributed by atoms with Crippen LogP contribution in [0.25, 0.3) is 39.3 Å². The number of rotatable bonds is 19. The second-order valence-corrected chi connectivity index (χ2v) is 17.4. The van der Waals surface area contributed by atoms with Gasteiger partial charge in [-0.1, -0.05) is 164 Å². The number of fused-ring (bicyclic) bond motifs is 2. The third kappa shape index (κ3) is 13.9. The molecule has 0 aliphatic carbocycles. The third-order valence-electron chi connectivity index (χ3n) is 11.3. The fourth-order valence-electron chi connectivity index (χ4n) is 7.43. The van der Waals surface area contributed by atoms with E-state index in [9.17, 15) is 24.0 Å². The first kappa shape index (κ1) is 48.7. The minimum Gasteiger partial charge on any atom is -0.480 e. The number of carbonyl (C=O) groups is 5. The van der Waals surface area contributed by atoms with E-state index in [1.807, 2.05) is 140 Å². The SMILES string of the molecule is C=C(C(=O)c1ccc(/C=C/C(=O)Cc2ccc3cnccc3c2)cc1)c1ccccc1.N[C@@H](CSCC(C(=O)c1ccc(/C=C/C(=O)Cc2ccc3cnccc3c2)cc1)c1ccccc1)C(=O)O.